The van der Waals surface area contributed by atoms with Crippen molar-refractivity contribution < 1.29 is 22.7 Å². The average molecular weight is 272 g/mol. The molecule has 1 heterocycles. The number of pyridine rings is 1. The second-order valence-corrected chi connectivity index (χ2v) is 5.14. The number of anilines is 1. The van der Waals surface area contributed by atoms with Crippen molar-refractivity contribution in [3.63, 3.8) is 0 Å². The summed E-state index contributed by atoms with van der Waals surface area (Å²) in [6.07, 6.45) is -1.07. The molecule has 0 atom stereocenters. The first kappa shape index (κ1) is 12.3. The first-order chi connectivity index (χ1) is 8.86. The number of nitrogens with one attached hydrogen (secondary N) is 1. The van der Waals surface area contributed by atoms with Gasteiger partial charge in [-0.05, 0) is 37.3 Å². The molecular weight excluding hydrogens is 261 g/mol. The topological polar surface area (TPSA) is 51.2 Å². The normalized spacial score (nSPS) is 28.1. The number of aromatic nitrogens is 1. The van der Waals surface area contributed by atoms with E-state index in [2.05, 4.69) is 15.0 Å². The van der Waals surface area contributed by atoms with E-state index in [9.17, 15) is 18.0 Å². The van der Waals surface area contributed by atoms with Crippen molar-refractivity contribution in [2.45, 2.75) is 25.6 Å². The van der Waals surface area contributed by atoms with Gasteiger partial charge in [-0.3, -0.25) is 4.79 Å². The van der Waals surface area contributed by atoms with Gasteiger partial charge in [0, 0.05) is 0 Å². The van der Waals surface area contributed by atoms with Gasteiger partial charge < -0.3 is 10.1 Å². The van der Waals surface area contributed by atoms with Gasteiger partial charge in [-0.25, -0.2) is 4.98 Å². The maximum atomic E-state index is 11.9. The molecule has 1 N–H and O–H groups in total. The second kappa shape index (κ2) is 3.85. The fourth-order valence-electron chi connectivity index (χ4n) is 2.65. The van der Waals surface area contributed by atoms with Crippen LogP contribution in [0.2, 0.25) is 0 Å². The van der Waals surface area contributed by atoms with Crippen LogP contribution in [0.5, 0.6) is 5.75 Å². The molecule has 0 unspecified atom stereocenters. The lowest BCUT2D eigenvalue weighted by Crippen LogP contribution is -2.58. The Labute approximate surface area is 107 Å². The molecular formula is C12H11F3N2O2. The summed E-state index contributed by atoms with van der Waals surface area (Å²) in [5.74, 6) is 0.425. The lowest BCUT2D eigenvalue weighted by molar-refractivity contribution is -0.274. The third kappa shape index (κ3) is 2.24. The van der Waals surface area contributed by atoms with Crippen molar-refractivity contribution >= 4 is 11.7 Å². The zero-order chi connectivity index (χ0) is 13.7. The van der Waals surface area contributed by atoms with Crippen LogP contribution in [-0.2, 0) is 4.79 Å². The molecule has 4 nitrogen and oxygen atoms in total. The molecule has 3 aliphatic carbocycles. The Kier molecular flexibility index (Phi) is 2.48. The standard InChI is InChI=1S/C12H11F3N2O2/c13-12(14,15)19-8-1-2-9(16-6-8)17-10(18)11-3-7(4-11)5-11/h1-2,6-7H,3-5H2,(H,16,17,18). The summed E-state index contributed by atoms with van der Waals surface area (Å²) in [7, 11) is 0. The molecule has 0 spiro atoms. The molecule has 102 valence electrons. The zero-order valence-electron chi connectivity index (χ0n) is 9.83. The molecule has 1 aromatic heterocycles. The minimum Gasteiger partial charge on any atom is -0.404 e. The highest BCUT2D eigenvalue weighted by molar-refractivity contribution is 5.96. The van der Waals surface area contributed by atoms with E-state index in [1.165, 1.54) is 6.07 Å². The van der Waals surface area contributed by atoms with Crippen LogP contribution in [-0.4, -0.2) is 17.3 Å². The van der Waals surface area contributed by atoms with Gasteiger partial charge in [-0.1, -0.05) is 0 Å². The van der Waals surface area contributed by atoms with E-state index in [-0.39, 0.29) is 17.1 Å². The highest BCUT2D eigenvalue weighted by Gasteiger charge is 2.61. The number of halogens is 3. The van der Waals surface area contributed by atoms with Crippen molar-refractivity contribution in [2.24, 2.45) is 11.3 Å². The van der Waals surface area contributed by atoms with Crippen LogP contribution >= 0.6 is 0 Å². The van der Waals surface area contributed by atoms with Gasteiger partial charge >= 0.3 is 6.36 Å². The zero-order valence-corrected chi connectivity index (χ0v) is 9.83. The van der Waals surface area contributed by atoms with E-state index in [0.717, 1.165) is 31.5 Å². The molecule has 7 heteroatoms. The number of ether oxygens (including phenoxy) is 1. The van der Waals surface area contributed by atoms with Crippen LogP contribution in [0.4, 0.5) is 19.0 Å². The molecule has 19 heavy (non-hydrogen) atoms. The monoisotopic (exact) mass is 272 g/mol. The van der Waals surface area contributed by atoms with E-state index in [1.54, 1.807) is 0 Å². The summed E-state index contributed by atoms with van der Waals surface area (Å²) in [5.41, 5.74) is -0.243. The van der Waals surface area contributed by atoms with Crippen molar-refractivity contribution in [1.29, 1.82) is 0 Å². The fourth-order valence-corrected chi connectivity index (χ4v) is 2.65. The predicted octanol–water partition coefficient (Wildman–Crippen LogP) is 2.72. The summed E-state index contributed by atoms with van der Waals surface area (Å²) in [6.45, 7) is 0. The Balaban J connectivity index is 1.61. The second-order valence-electron chi connectivity index (χ2n) is 5.14. The number of alkyl halides is 3. The molecule has 3 aliphatic rings. The summed E-state index contributed by atoms with van der Waals surface area (Å²) in [5, 5.41) is 2.63. The number of hydrogen-bond acceptors (Lipinski definition) is 3. The molecule has 0 aliphatic heterocycles. The first-order valence-electron chi connectivity index (χ1n) is 5.90. The Bertz CT molecular complexity index is 496. The Morgan fingerprint density at radius 3 is 2.47 bits per heavy atom. The number of carbonyl (C=O) groups excluding carboxylic acids is 1. The Hall–Kier alpha value is -1.79. The van der Waals surface area contributed by atoms with Gasteiger partial charge in [-0.15, -0.1) is 13.2 Å². The Morgan fingerprint density at radius 1 is 1.37 bits per heavy atom. The van der Waals surface area contributed by atoms with Crippen LogP contribution in [0.25, 0.3) is 0 Å². The lowest BCUT2D eigenvalue weighted by atomic mass is 9.44. The van der Waals surface area contributed by atoms with Crippen molar-refractivity contribution in [2.75, 3.05) is 5.32 Å². The molecule has 2 bridgehead atoms. The summed E-state index contributed by atoms with van der Waals surface area (Å²) < 4.78 is 39.5. The van der Waals surface area contributed by atoms with Gasteiger partial charge in [0.1, 0.15) is 11.6 Å². The van der Waals surface area contributed by atoms with Crippen LogP contribution in [0.1, 0.15) is 19.3 Å². The maximum absolute atomic E-state index is 11.9. The molecule has 3 saturated carbocycles. The van der Waals surface area contributed by atoms with E-state index in [0.29, 0.717) is 5.92 Å². The number of nitrogens with zero attached hydrogens (tertiary/aromatic N) is 1. The van der Waals surface area contributed by atoms with Crippen molar-refractivity contribution in [1.82, 2.24) is 4.98 Å². The van der Waals surface area contributed by atoms with Gasteiger partial charge in [0.05, 0.1) is 11.6 Å². The average Bonchev–Trinajstić information content (AvgIpc) is 2.13. The van der Waals surface area contributed by atoms with E-state index >= 15 is 0 Å². The minimum atomic E-state index is -4.74. The van der Waals surface area contributed by atoms with E-state index in [4.69, 9.17) is 0 Å². The van der Waals surface area contributed by atoms with Gasteiger partial charge in [0.15, 0.2) is 0 Å². The summed E-state index contributed by atoms with van der Waals surface area (Å²) in [6, 6.07) is 2.42. The van der Waals surface area contributed by atoms with Gasteiger partial charge in [0.2, 0.25) is 5.91 Å². The smallest absolute Gasteiger partial charge is 0.404 e. The largest absolute Gasteiger partial charge is 0.573 e. The number of hydrogen-bond donors (Lipinski definition) is 1. The first-order valence-corrected chi connectivity index (χ1v) is 5.90. The quantitative estimate of drug-likeness (QED) is 0.920. The van der Waals surface area contributed by atoms with Gasteiger partial charge in [0.25, 0.3) is 0 Å². The summed E-state index contributed by atoms with van der Waals surface area (Å²) in [4.78, 5) is 15.6. The highest BCUT2D eigenvalue weighted by Crippen LogP contribution is 2.64. The Morgan fingerprint density at radius 2 is 2.05 bits per heavy atom. The van der Waals surface area contributed by atoms with E-state index < -0.39 is 12.1 Å². The fraction of sp³-hybridized carbons (Fsp3) is 0.500. The molecule has 1 amide bonds. The third-order valence-corrected chi connectivity index (χ3v) is 3.73. The van der Waals surface area contributed by atoms with E-state index in [1.807, 2.05) is 0 Å². The molecule has 1 aromatic rings. The van der Waals surface area contributed by atoms with Crippen LogP contribution in [0.3, 0.4) is 0 Å². The van der Waals surface area contributed by atoms with Crippen molar-refractivity contribution in [3.05, 3.63) is 18.3 Å². The maximum Gasteiger partial charge on any atom is 0.573 e. The minimum absolute atomic E-state index is 0.0908. The number of carbonyl (C=O) groups is 1. The van der Waals surface area contributed by atoms with Crippen LogP contribution in [0, 0.1) is 11.3 Å². The molecule has 0 aromatic carbocycles. The molecule has 3 fully saturated rings. The molecule has 4 rings (SSSR count). The third-order valence-electron chi connectivity index (χ3n) is 3.73. The summed E-state index contributed by atoms with van der Waals surface area (Å²) >= 11 is 0. The van der Waals surface area contributed by atoms with Crippen LogP contribution < -0.4 is 10.1 Å². The van der Waals surface area contributed by atoms with Gasteiger partial charge in [-0.2, -0.15) is 0 Å². The molecule has 0 saturated heterocycles. The number of rotatable bonds is 3. The van der Waals surface area contributed by atoms with Crippen molar-refractivity contribution in [3.8, 4) is 5.75 Å². The lowest BCUT2D eigenvalue weighted by Gasteiger charge is -2.59. The number of amides is 1. The van der Waals surface area contributed by atoms with Crippen LogP contribution in [0.15, 0.2) is 18.3 Å². The SMILES string of the molecule is O=C(Nc1ccc(OC(F)(F)F)cn1)C12CC(C1)C2. The molecule has 0 radical (unpaired) electrons. The predicted molar refractivity (Wildman–Crippen MR) is 59.3 cm³/mol. The highest BCUT2D eigenvalue weighted by atomic mass is 19.4.